The van der Waals surface area contributed by atoms with E-state index in [0.717, 1.165) is 48.1 Å². The van der Waals surface area contributed by atoms with Crippen molar-refractivity contribution >= 4 is 28.5 Å². The Kier molecular flexibility index (Phi) is 14.0. The fourth-order valence-electron chi connectivity index (χ4n) is 6.69. The van der Waals surface area contributed by atoms with E-state index in [-0.39, 0.29) is 23.9 Å². The number of unbranched alkanes of at least 4 members (excludes halogenated alkanes) is 2. The Hall–Kier alpha value is -5.30. The maximum absolute atomic E-state index is 14.7. The molecular formula is C43H51N5O6S. The number of para-hydroxylation sites is 1. The minimum atomic E-state index is -1.67. The summed E-state index contributed by atoms with van der Waals surface area (Å²) in [6.45, 7) is 9.49. The van der Waals surface area contributed by atoms with Crippen molar-refractivity contribution < 1.29 is 29.1 Å². The van der Waals surface area contributed by atoms with Crippen LogP contribution in [0.2, 0.25) is 0 Å². The number of aliphatic hydroxyl groups is 1. The van der Waals surface area contributed by atoms with Crippen molar-refractivity contribution in [1.82, 2.24) is 19.6 Å². The molecule has 0 spiro atoms. The molecule has 2 atom stereocenters. The van der Waals surface area contributed by atoms with Gasteiger partial charge in [0.15, 0.2) is 5.69 Å². The van der Waals surface area contributed by atoms with Gasteiger partial charge in [0.25, 0.3) is 11.8 Å². The molecule has 4 N–H and O–H groups in total. The van der Waals surface area contributed by atoms with Crippen molar-refractivity contribution in [3.8, 4) is 17.2 Å². The second kappa shape index (κ2) is 18.8. The molecule has 2 amide bonds. The fourth-order valence-corrected chi connectivity index (χ4v) is 7.53. The van der Waals surface area contributed by atoms with Crippen molar-refractivity contribution in [2.45, 2.75) is 77.3 Å². The molecule has 1 unspecified atom stereocenters. The highest BCUT2D eigenvalue weighted by Crippen LogP contribution is 2.30. The van der Waals surface area contributed by atoms with Crippen LogP contribution < -0.4 is 9.46 Å². The van der Waals surface area contributed by atoms with E-state index >= 15 is 0 Å². The number of anilines is 1. The molecule has 11 nitrogen and oxygen atoms in total. The largest absolute Gasteiger partial charge is 0.457 e. The maximum atomic E-state index is 14.7. The number of nitrogens with zero attached hydrogens (tertiary/aromatic N) is 4. The van der Waals surface area contributed by atoms with Gasteiger partial charge in [0.05, 0.1) is 28.8 Å². The second-order valence-electron chi connectivity index (χ2n) is 13.8. The highest BCUT2D eigenvalue weighted by Gasteiger charge is 2.32. The number of hydrogen-bond acceptors (Lipinski definition) is 6. The molecule has 0 saturated heterocycles. The number of carbonyl (C=O) groups is 2. The third-order valence-corrected chi connectivity index (χ3v) is 10.9. The topological polar surface area (TPSA) is 148 Å². The van der Waals surface area contributed by atoms with E-state index in [1.165, 1.54) is 0 Å². The van der Waals surface area contributed by atoms with Crippen LogP contribution in [0.5, 0.6) is 11.5 Å². The molecule has 0 saturated carbocycles. The molecule has 5 aromatic rings. The third kappa shape index (κ3) is 9.51. The lowest BCUT2D eigenvalue weighted by molar-refractivity contribution is 0.0544. The van der Waals surface area contributed by atoms with Gasteiger partial charge in [0.1, 0.15) is 22.5 Å². The van der Waals surface area contributed by atoms with Gasteiger partial charge in [-0.3, -0.25) is 9.59 Å². The summed E-state index contributed by atoms with van der Waals surface area (Å²) in [4.78, 5) is 32.5. The second-order valence-corrected chi connectivity index (χ2v) is 15.0. The SMILES string of the molecule is CCCCN(CCCC)C(=O)c1cc(C)n(-c2ccc(NS(=O)c3ccc(Oc4ccccc4C)cc3)cc2C(=O)N2Cc3ccccc3C[C@H]2CO)n1.O. The summed E-state index contributed by atoms with van der Waals surface area (Å²) in [5.74, 6) is 0.927. The van der Waals surface area contributed by atoms with Crippen LogP contribution in [-0.2, 0) is 24.0 Å². The summed E-state index contributed by atoms with van der Waals surface area (Å²) in [5, 5.41) is 15.2. The summed E-state index contributed by atoms with van der Waals surface area (Å²) >= 11 is 0. The summed E-state index contributed by atoms with van der Waals surface area (Å²) in [5.41, 5.74) is 5.38. The molecular weight excluding hydrogens is 715 g/mol. The number of rotatable bonds is 15. The monoisotopic (exact) mass is 765 g/mol. The average molecular weight is 766 g/mol. The number of nitrogens with one attached hydrogen (secondary N) is 1. The molecule has 0 bridgehead atoms. The van der Waals surface area contributed by atoms with Crippen LogP contribution in [0.1, 0.15) is 82.8 Å². The molecule has 12 heteroatoms. The van der Waals surface area contributed by atoms with Gasteiger partial charge in [-0.1, -0.05) is 69.2 Å². The van der Waals surface area contributed by atoms with Crippen molar-refractivity contribution in [3.05, 3.63) is 131 Å². The number of aromatic nitrogens is 2. The number of aryl methyl sites for hydroxylation is 2. The number of hydrogen-bond donors (Lipinski definition) is 2. The lowest BCUT2D eigenvalue weighted by Gasteiger charge is -2.36. The summed E-state index contributed by atoms with van der Waals surface area (Å²) in [7, 11) is -1.67. The predicted molar refractivity (Wildman–Crippen MR) is 216 cm³/mol. The first-order valence-electron chi connectivity index (χ1n) is 18.7. The van der Waals surface area contributed by atoms with Crippen LogP contribution in [0.25, 0.3) is 5.69 Å². The Balaban J connectivity index is 0.00000580. The first-order chi connectivity index (χ1) is 26.2. The van der Waals surface area contributed by atoms with Crippen molar-refractivity contribution in [3.63, 3.8) is 0 Å². The minimum Gasteiger partial charge on any atom is -0.457 e. The highest BCUT2D eigenvalue weighted by molar-refractivity contribution is 7.86. The smallest absolute Gasteiger partial charge is 0.274 e. The molecule has 0 radical (unpaired) electrons. The number of ether oxygens (including phenoxy) is 1. The number of fused-ring (bicyclic) bond motifs is 1. The standard InChI is InChI=1S/C43H49N5O5S.H2O/c1-5-7-23-46(24-8-6-2)43(51)39-25-31(4)48(44-39)40-22-17-34(27-38(40)42(50)47-28-33-15-11-10-14-32(33)26-35(47)29-49)45-54(52)37-20-18-36(19-21-37)53-41-16-12-9-13-30(41)3;/h9-22,25,27,35,45,49H,5-8,23-24,26,28-29H2,1-4H3;1H2/t35-,54?;/m0./s1. The third-order valence-electron chi connectivity index (χ3n) is 9.81. The highest BCUT2D eigenvalue weighted by atomic mass is 32.2. The molecule has 2 heterocycles. The van der Waals surface area contributed by atoms with Crippen molar-refractivity contribution in [1.29, 1.82) is 0 Å². The molecule has 1 aliphatic rings. The Labute approximate surface area is 325 Å². The first kappa shape index (κ1) is 40.9. The lowest BCUT2D eigenvalue weighted by atomic mass is 9.93. The van der Waals surface area contributed by atoms with Gasteiger partial charge in [-0.25, -0.2) is 8.89 Å². The van der Waals surface area contributed by atoms with Crippen LogP contribution in [0.3, 0.4) is 0 Å². The van der Waals surface area contributed by atoms with Gasteiger partial charge in [-0.05, 0) is 104 Å². The minimum absolute atomic E-state index is 0. The first-order valence-corrected chi connectivity index (χ1v) is 19.9. The van der Waals surface area contributed by atoms with Gasteiger partial charge in [0.2, 0.25) is 0 Å². The molecule has 4 aromatic carbocycles. The number of carbonyl (C=O) groups excluding carboxylic acids is 2. The van der Waals surface area contributed by atoms with E-state index in [9.17, 15) is 18.9 Å². The zero-order valence-corrected chi connectivity index (χ0v) is 32.8. The van der Waals surface area contributed by atoms with Crippen LogP contribution in [0, 0.1) is 13.8 Å². The summed E-state index contributed by atoms with van der Waals surface area (Å²) in [6, 6.07) is 29.2. The Bertz CT molecular complexity index is 2110. The molecule has 0 aliphatic carbocycles. The normalized spacial score (nSPS) is 14.1. The van der Waals surface area contributed by atoms with E-state index in [2.05, 4.69) is 18.6 Å². The molecule has 0 fully saturated rings. The lowest BCUT2D eigenvalue weighted by Crippen LogP contribution is -2.46. The molecule has 6 rings (SSSR count). The van der Waals surface area contributed by atoms with Crippen molar-refractivity contribution in [2.75, 3.05) is 24.4 Å². The Morgan fingerprint density at radius 3 is 2.25 bits per heavy atom. The quantitative estimate of drug-likeness (QED) is 0.115. The van der Waals surface area contributed by atoms with E-state index in [4.69, 9.17) is 9.84 Å². The Morgan fingerprint density at radius 1 is 0.909 bits per heavy atom. The molecule has 1 aromatic heterocycles. The van der Waals surface area contributed by atoms with E-state index in [1.54, 1.807) is 58.1 Å². The molecule has 290 valence electrons. The molecule has 1 aliphatic heterocycles. The van der Waals surface area contributed by atoms with Crippen LogP contribution in [0.4, 0.5) is 5.69 Å². The summed E-state index contributed by atoms with van der Waals surface area (Å²) in [6.07, 6.45) is 4.27. The predicted octanol–water partition coefficient (Wildman–Crippen LogP) is 7.19. The van der Waals surface area contributed by atoms with Gasteiger partial charge < -0.3 is 29.8 Å². The van der Waals surface area contributed by atoms with Gasteiger partial charge in [0, 0.05) is 31.0 Å². The number of benzene rings is 4. The zero-order valence-electron chi connectivity index (χ0n) is 32.0. The molecule has 55 heavy (non-hydrogen) atoms. The van der Waals surface area contributed by atoms with Gasteiger partial charge >= 0.3 is 0 Å². The summed E-state index contributed by atoms with van der Waals surface area (Å²) < 4.78 is 24.4. The van der Waals surface area contributed by atoms with Crippen LogP contribution in [0.15, 0.2) is 102 Å². The van der Waals surface area contributed by atoms with Crippen LogP contribution >= 0.6 is 0 Å². The number of amides is 2. The average Bonchev–Trinajstić information content (AvgIpc) is 3.59. The van der Waals surface area contributed by atoms with Crippen LogP contribution in [-0.4, -0.2) is 71.9 Å². The van der Waals surface area contributed by atoms with E-state index < -0.39 is 17.0 Å². The Morgan fingerprint density at radius 2 is 1.58 bits per heavy atom. The van der Waals surface area contributed by atoms with Gasteiger partial charge in [-0.15, -0.1) is 0 Å². The van der Waals surface area contributed by atoms with Gasteiger partial charge in [-0.2, -0.15) is 5.10 Å². The number of aliphatic hydroxyl groups excluding tert-OH is 1. The van der Waals surface area contributed by atoms with Crippen molar-refractivity contribution in [2.24, 2.45) is 0 Å². The maximum Gasteiger partial charge on any atom is 0.274 e. The zero-order chi connectivity index (χ0) is 38.2. The fraction of sp³-hybridized carbons (Fsp3) is 0.326. The van der Waals surface area contributed by atoms with E-state index in [1.807, 2.05) is 67.3 Å². The van der Waals surface area contributed by atoms with E-state index in [0.29, 0.717) is 65.0 Å².